The molecular weight excluding hydrogens is 382 g/mol. The van der Waals surface area contributed by atoms with Crippen LogP contribution in [0, 0.1) is 29.1 Å². The van der Waals surface area contributed by atoms with E-state index in [1.165, 1.54) is 24.0 Å². The van der Waals surface area contributed by atoms with E-state index in [0.29, 0.717) is 23.7 Å². The maximum absolute atomic E-state index is 11.7. The van der Waals surface area contributed by atoms with Crippen LogP contribution in [0.15, 0.2) is 54.6 Å². The first-order valence-electron chi connectivity index (χ1n) is 11.9. The summed E-state index contributed by atoms with van der Waals surface area (Å²) in [5, 5.41) is 11.7. The van der Waals surface area contributed by atoms with Gasteiger partial charge >= 0.3 is 0 Å². The lowest BCUT2D eigenvalue weighted by Crippen LogP contribution is -2.52. The van der Waals surface area contributed by atoms with Crippen molar-refractivity contribution < 1.29 is 9.84 Å². The molecule has 0 heterocycles. The van der Waals surface area contributed by atoms with Crippen molar-refractivity contribution in [3.63, 3.8) is 0 Å². The van der Waals surface area contributed by atoms with Gasteiger partial charge in [-0.05, 0) is 78.7 Å². The lowest BCUT2D eigenvalue weighted by atomic mass is 9.53. The third-order valence-electron chi connectivity index (χ3n) is 8.65. The molecule has 0 aliphatic heterocycles. The largest absolute Gasteiger partial charge is 0.497 e. The predicted octanol–water partition coefficient (Wildman–Crippen LogP) is 5.59. The van der Waals surface area contributed by atoms with Gasteiger partial charge in [0.1, 0.15) is 12.0 Å². The van der Waals surface area contributed by atoms with Crippen LogP contribution in [-0.2, 0) is 6.42 Å². The molecule has 0 aromatic heterocycles. The average molecular weight is 422 g/mol. The second-order valence-electron chi connectivity index (χ2n) is 10.5. The Bertz CT molecular complexity index is 864. The Kier molecular flexibility index (Phi) is 6.46. The first kappa shape index (κ1) is 22.4. The fourth-order valence-corrected chi connectivity index (χ4v) is 7.00. The molecule has 0 radical (unpaired) electrons. The van der Waals surface area contributed by atoms with E-state index < -0.39 is 6.23 Å². The minimum Gasteiger partial charge on any atom is -0.497 e. The predicted molar refractivity (Wildman–Crippen MR) is 127 cm³/mol. The standard InChI is InChI=1S/C28H39NO2/c1-19-23-14-15-24(28(23,2)3)26(25(19)21-12-9-13-22(18-21)31-5)27(30)29(4)17-16-20-10-7-6-8-11-20/h6-13,18-19,23-27,30H,14-17H2,1-5H3. The monoisotopic (exact) mass is 421 g/mol. The zero-order valence-corrected chi connectivity index (χ0v) is 19.8. The van der Waals surface area contributed by atoms with Crippen LogP contribution in [0.2, 0.25) is 0 Å². The van der Waals surface area contributed by atoms with Crippen molar-refractivity contribution in [1.29, 1.82) is 0 Å². The Labute approximate surface area is 188 Å². The van der Waals surface area contributed by atoms with Gasteiger partial charge in [0, 0.05) is 12.5 Å². The molecule has 6 atom stereocenters. The van der Waals surface area contributed by atoms with Crippen LogP contribution < -0.4 is 4.74 Å². The van der Waals surface area contributed by atoms with Crippen molar-refractivity contribution >= 4 is 0 Å². The van der Waals surface area contributed by atoms with Crippen LogP contribution in [0.1, 0.15) is 50.7 Å². The Hall–Kier alpha value is -1.84. The highest BCUT2D eigenvalue weighted by molar-refractivity contribution is 5.33. The summed E-state index contributed by atoms with van der Waals surface area (Å²) in [5.41, 5.74) is 2.91. The molecule has 31 heavy (non-hydrogen) atoms. The van der Waals surface area contributed by atoms with Crippen molar-refractivity contribution in [2.75, 3.05) is 20.7 Å². The average Bonchev–Trinajstić information content (AvgIpc) is 2.98. The molecule has 1 N–H and O–H groups in total. The van der Waals surface area contributed by atoms with E-state index in [2.05, 4.69) is 81.2 Å². The number of methoxy groups -OCH3 is 1. The molecule has 2 bridgehead atoms. The molecule has 3 heteroatoms. The zero-order valence-electron chi connectivity index (χ0n) is 19.8. The van der Waals surface area contributed by atoms with E-state index in [1.807, 2.05) is 6.07 Å². The van der Waals surface area contributed by atoms with E-state index in [9.17, 15) is 5.11 Å². The van der Waals surface area contributed by atoms with E-state index >= 15 is 0 Å². The molecule has 3 nitrogen and oxygen atoms in total. The number of rotatable bonds is 7. The summed E-state index contributed by atoms with van der Waals surface area (Å²) in [5.74, 6) is 3.23. The summed E-state index contributed by atoms with van der Waals surface area (Å²) in [4.78, 5) is 2.19. The maximum Gasteiger partial charge on any atom is 0.119 e. The number of aliphatic hydroxyl groups excluding tert-OH is 1. The zero-order chi connectivity index (χ0) is 22.2. The van der Waals surface area contributed by atoms with E-state index in [1.54, 1.807) is 7.11 Å². The summed E-state index contributed by atoms with van der Waals surface area (Å²) in [6, 6.07) is 19.1. The fraction of sp³-hybridized carbons (Fsp3) is 0.571. The molecule has 2 aromatic rings. The van der Waals surface area contributed by atoms with Crippen LogP contribution in [-0.4, -0.2) is 36.9 Å². The van der Waals surface area contributed by atoms with E-state index in [-0.39, 0.29) is 11.3 Å². The Balaban J connectivity index is 1.63. The Morgan fingerprint density at radius 3 is 2.48 bits per heavy atom. The first-order valence-corrected chi connectivity index (χ1v) is 11.9. The first-order chi connectivity index (χ1) is 14.8. The summed E-state index contributed by atoms with van der Waals surface area (Å²) in [6.07, 6.45) is 3.00. The van der Waals surface area contributed by atoms with Crippen LogP contribution in [0.3, 0.4) is 0 Å². The van der Waals surface area contributed by atoms with Crippen molar-refractivity contribution in [1.82, 2.24) is 4.90 Å². The number of hydrogen-bond donors (Lipinski definition) is 1. The quantitative estimate of drug-likeness (QED) is 0.592. The van der Waals surface area contributed by atoms with E-state index in [0.717, 1.165) is 18.7 Å². The lowest BCUT2D eigenvalue weighted by molar-refractivity contribution is -0.108. The van der Waals surface area contributed by atoms with Gasteiger partial charge in [-0.3, -0.25) is 4.90 Å². The lowest BCUT2D eigenvalue weighted by Gasteiger charge is -2.53. The normalized spacial score (nSPS) is 30.4. The SMILES string of the molecule is COc1cccc(C2C(C)C3CCC(C2C(O)N(C)CCc2ccccc2)C3(C)C)c1. The van der Waals surface area contributed by atoms with Gasteiger partial charge in [-0.25, -0.2) is 0 Å². The molecule has 4 rings (SSSR count). The molecule has 2 aliphatic carbocycles. The third-order valence-corrected chi connectivity index (χ3v) is 8.65. The number of nitrogens with zero attached hydrogens (tertiary/aromatic N) is 1. The molecule has 0 amide bonds. The summed E-state index contributed by atoms with van der Waals surface area (Å²) < 4.78 is 5.55. The smallest absolute Gasteiger partial charge is 0.119 e. The summed E-state index contributed by atoms with van der Waals surface area (Å²) in [7, 11) is 3.83. The van der Waals surface area contributed by atoms with Crippen molar-refractivity contribution in [3.8, 4) is 5.75 Å². The molecule has 0 saturated heterocycles. The molecule has 6 unspecified atom stereocenters. The van der Waals surface area contributed by atoms with E-state index in [4.69, 9.17) is 4.74 Å². The highest BCUT2D eigenvalue weighted by atomic mass is 16.5. The molecule has 2 aromatic carbocycles. The topological polar surface area (TPSA) is 32.7 Å². The van der Waals surface area contributed by atoms with Crippen molar-refractivity contribution in [2.45, 2.75) is 52.2 Å². The number of benzene rings is 2. The van der Waals surface area contributed by atoms with Crippen molar-refractivity contribution in [3.05, 3.63) is 65.7 Å². The number of fused-ring (bicyclic) bond motifs is 2. The van der Waals surface area contributed by atoms with Crippen LogP contribution in [0.5, 0.6) is 5.75 Å². The highest BCUT2D eigenvalue weighted by Gasteiger charge is 2.58. The molecule has 0 spiro atoms. The Morgan fingerprint density at radius 1 is 1.06 bits per heavy atom. The fourth-order valence-electron chi connectivity index (χ4n) is 7.00. The molecule has 2 saturated carbocycles. The van der Waals surface area contributed by atoms with Gasteiger partial charge < -0.3 is 9.84 Å². The van der Waals surface area contributed by atoms with Gasteiger partial charge in [0.2, 0.25) is 0 Å². The molecule has 2 fully saturated rings. The minimum absolute atomic E-state index is 0.219. The number of ether oxygens (including phenoxy) is 1. The third kappa shape index (κ3) is 4.15. The van der Waals surface area contributed by atoms with Gasteiger partial charge in [-0.15, -0.1) is 0 Å². The number of hydrogen-bond acceptors (Lipinski definition) is 3. The molecule has 2 aliphatic rings. The van der Waals surface area contributed by atoms with Gasteiger partial charge in [-0.2, -0.15) is 0 Å². The van der Waals surface area contributed by atoms with Crippen molar-refractivity contribution in [2.24, 2.45) is 29.1 Å². The Morgan fingerprint density at radius 2 is 1.77 bits per heavy atom. The van der Waals surface area contributed by atoms with Crippen LogP contribution in [0.4, 0.5) is 0 Å². The van der Waals surface area contributed by atoms with Gasteiger partial charge in [0.05, 0.1) is 7.11 Å². The maximum atomic E-state index is 11.7. The van der Waals surface area contributed by atoms with Gasteiger partial charge in [0.25, 0.3) is 0 Å². The summed E-state index contributed by atoms with van der Waals surface area (Å²) in [6.45, 7) is 8.16. The van der Waals surface area contributed by atoms with Gasteiger partial charge in [-0.1, -0.05) is 63.2 Å². The van der Waals surface area contributed by atoms with Crippen LogP contribution >= 0.6 is 0 Å². The van der Waals surface area contributed by atoms with Gasteiger partial charge in [0.15, 0.2) is 0 Å². The summed E-state index contributed by atoms with van der Waals surface area (Å²) >= 11 is 0. The minimum atomic E-state index is -0.453. The second-order valence-corrected chi connectivity index (χ2v) is 10.5. The molecule has 168 valence electrons. The highest BCUT2D eigenvalue weighted by Crippen LogP contribution is 2.64. The number of likely N-dealkylation sites (N-methyl/N-ethyl adjacent to an activating group) is 1. The number of aliphatic hydroxyl groups is 1. The second kappa shape index (κ2) is 8.96. The molecular formula is C28H39NO2. The van der Waals surface area contributed by atoms with Crippen LogP contribution in [0.25, 0.3) is 0 Å².